The summed E-state index contributed by atoms with van der Waals surface area (Å²) in [7, 11) is 0. The predicted molar refractivity (Wildman–Crippen MR) is 119 cm³/mol. The summed E-state index contributed by atoms with van der Waals surface area (Å²) < 4.78 is 2.45. The SMILES string of the molecule is O=C(c1ccc(-c2nccc(-c3cc4n(n3)CCNC4=O)n2)cc1)c1ccccc1Br. The number of hydrogen-bond donors (Lipinski definition) is 1. The van der Waals surface area contributed by atoms with Gasteiger partial charge in [-0.3, -0.25) is 14.3 Å². The molecule has 2 aromatic heterocycles. The molecule has 31 heavy (non-hydrogen) atoms. The van der Waals surface area contributed by atoms with Crippen LogP contribution in [0.25, 0.3) is 22.8 Å². The van der Waals surface area contributed by atoms with Gasteiger partial charge in [-0.25, -0.2) is 9.97 Å². The fourth-order valence-corrected chi connectivity index (χ4v) is 3.94. The second-order valence-corrected chi connectivity index (χ2v) is 7.90. The Bertz CT molecular complexity index is 1310. The first-order valence-corrected chi connectivity index (χ1v) is 10.5. The number of ketones is 1. The van der Waals surface area contributed by atoms with Gasteiger partial charge in [0.05, 0.1) is 12.2 Å². The summed E-state index contributed by atoms with van der Waals surface area (Å²) in [6.45, 7) is 1.19. The van der Waals surface area contributed by atoms with E-state index < -0.39 is 0 Å². The van der Waals surface area contributed by atoms with Crippen LogP contribution in [0.2, 0.25) is 0 Å². The molecule has 0 atom stereocenters. The Morgan fingerprint density at radius 2 is 1.84 bits per heavy atom. The highest BCUT2D eigenvalue weighted by Gasteiger charge is 2.20. The normalized spacial score (nSPS) is 12.9. The van der Waals surface area contributed by atoms with Gasteiger partial charge in [0.1, 0.15) is 11.4 Å². The van der Waals surface area contributed by atoms with Crippen molar-refractivity contribution in [1.82, 2.24) is 25.1 Å². The predicted octanol–water partition coefficient (Wildman–Crippen LogP) is 3.74. The van der Waals surface area contributed by atoms with Crippen LogP contribution in [0.5, 0.6) is 0 Å². The van der Waals surface area contributed by atoms with Crippen LogP contribution in [0, 0.1) is 0 Å². The van der Waals surface area contributed by atoms with Gasteiger partial charge >= 0.3 is 0 Å². The number of nitrogens with one attached hydrogen (secondary N) is 1. The molecule has 4 aromatic rings. The Labute approximate surface area is 186 Å². The van der Waals surface area contributed by atoms with E-state index in [1.807, 2.05) is 30.3 Å². The van der Waals surface area contributed by atoms with E-state index in [9.17, 15) is 9.59 Å². The van der Waals surface area contributed by atoms with E-state index in [2.05, 4.69) is 36.3 Å². The van der Waals surface area contributed by atoms with Crippen LogP contribution in [-0.4, -0.2) is 38.0 Å². The summed E-state index contributed by atoms with van der Waals surface area (Å²) in [6.07, 6.45) is 1.66. The number of rotatable bonds is 4. The van der Waals surface area contributed by atoms with Crippen LogP contribution >= 0.6 is 15.9 Å². The Kier molecular flexibility index (Phi) is 4.91. The molecule has 1 aliphatic heterocycles. The molecule has 2 aromatic carbocycles. The van der Waals surface area contributed by atoms with Gasteiger partial charge in [-0.15, -0.1) is 0 Å². The largest absolute Gasteiger partial charge is 0.349 e. The van der Waals surface area contributed by atoms with Crippen molar-refractivity contribution < 1.29 is 9.59 Å². The molecule has 1 aliphatic rings. The fourth-order valence-electron chi connectivity index (χ4n) is 3.47. The molecular weight excluding hydrogens is 458 g/mol. The van der Waals surface area contributed by atoms with E-state index in [1.54, 1.807) is 41.2 Å². The second-order valence-electron chi connectivity index (χ2n) is 7.05. The van der Waals surface area contributed by atoms with Crippen molar-refractivity contribution in [2.24, 2.45) is 0 Å². The lowest BCUT2D eigenvalue weighted by molar-refractivity contribution is 0.0924. The van der Waals surface area contributed by atoms with E-state index in [4.69, 9.17) is 0 Å². The van der Waals surface area contributed by atoms with Crippen molar-refractivity contribution >= 4 is 27.6 Å². The first kappa shape index (κ1) is 19.3. The third kappa shape index (κ3) is 3.66. The van der Waals surface area contributed by atoms with Gasteiger partial charge in [-0.2, -0.15) is 5.10 Å². The van der Waals surface area contributed by atoms with Gasteiger partial charge in [0.15, 0.2) is 11.6 Å². The summed E-state index contributed by atoms with van der Waals surface area (Å²) in [5.74, 6) is 0.327. The van der Waals surface area contributed by atoms with Crippen molar-refractivity contribution in [3.05, 3.63) is 88.2 Å². The lowest BCUT2D eigenvalue weighted by Crippen LogP contribution is -2.35. The maximum absolute atomic E-state index is 12.8. The van der Waals surface area contributed by atoms with Crippen molar-refractivity contribution in [3.8, 4) is 22.8 Å². The Balaban J connectivity index is 1.43. The van der Waals surface area contributed by atoms with Crippen LogP contribution < -0.4 is 5.32 Å². The van der Waals surface area contributed by atoms with Crippen molar-refractivity contribution in [2.75, 3.05) is 6.54 Å². The molecule has 0 spiro atoms. The maximum atomic E-state index is 12.8. The van der Waals surface area contributed by atoms with E-state index >= 15 is 0 Å². The van der Waals surface area contributed by atoms with Crippen LogP contribution in [-0.2, 0) is 6.54 Å². The van der Waals surface area contributed by atoms with Gasteiger partial charge < -0.3 is 5.32 Å². The van der Waals surface area contributed by atoms with Crippen LogP contribution in [0.3, 0.4) is 0 Å². The van der Waals surface area contributed by atoms with Crippen molar-refractivity contribution in [3.63, 3.8) is 0 Å². The quantitative estimate of drug-likeness (QED) is 0.456. The average molecular weight is 474 g/mol. The number of halogens is 1. The molecule has 7 nitrogen and oxygen atoms in total. The topological polar surface area (TPSA) is 89.8 Å². The van der Waals surface area contributed by atoms with Gasteiger partial charge in [-0.1, -0.05) is 52.3 Å². The third-order valence-electron chi connectivity index (χ3n) is 5.06. The average Bonchev–Trinajstić information content (AvgIpc) is 3.25. The zero-order chi connectivity index (χ0) is 21.4. The first-order chi connectivity index (χ1) is 15.1. The van der Waals surface area contributed by atoms with Crippen molar-refractivity contribution in [2.45, 2.75) is 6.54 Å². The van der Waals surface area contributed by atoms with E-state index in [0.29, 0.717) is 47.1 Å². The maximum Gasteiger partial charge on any atom is 0.269 e. The smallest absolute Gasteiger partial charge is 0.269 e. The van der Waals surface area contributed by atoms with E-state index in [1.165, 1.54) is 0 Å². The lowest BCUT2D eigenvalue weighted by atomic mass is 10.0. The number of carbonyl (C=O) groups excluding carboxylic acids is 2. The molecule has 3 heterocycles. The van der Waals surface area contributed by atoms with Gasteiger partial charge in [-0.05, 0) is 24.3 Å². The molecule has 1 amide bonds. The summed E-state index contributed by atoms with van der Waals surface area (Å²) in [5, 5.41) is 7.31. The third-order valence-corrected chi connectivity index (χ3v) is 5.76. The van der Waals surface area contributed by atoms with Crippen LogP contribution in [0.15, 0.2) is 71.3 Å². The second kappa shape index (κ2) is 7.88. The summed E-state index contributed by atoms with van der Waals surface area (Å²) >= 11 is 3.43. The van der Waals surface area contributed by atoms with Gasteiger partial charge in [0.25, 0.3) is 5.91 Å². The lowest BCUT2D eigenvalue weighted by Gasteiger charge is -2.13. The summed E-state index contributed by atoms with van der Waals surface area (Å²) in [4.78, 5) is 33.7. The van der Waals surface area contributed by atoms with Gasteiger partial charge in [0, 0.05) is 33.9 Å². The van der Waals surface area contributed by atoms with Crippen LogP contribution in [0.1, 0.15) is 26.4 Å². The number of benzene rings is 2. The molecular formula is C23H16BrN5O2. The minimum atomic E-state index is -0.135. The van der Waals surface area contributed by atoms with E-state index in [0.717, 1.165) is 10.0 Å². The summed E-state index contributed by atoms with van der Waals surface area (Å²) in [6, 6.07) is 18.0. The number of fused-ring (bicyclic) bond motifs is 1. The van der Waals surface area contributed by atoms with Crippen LogP contribution in [0.4, 0.5) is 0 Å². The first-order valence-electron chi connectivity index (χ1n) is 9.69. The number of aromatic nitrogens is 4. The Hall–Kier alpha value is -3.65. The fraction of sp³-hybridized carbons (Fsp3) is 0.0870. The standard InChI is InChI=1S/C23H16BrN5O2/c24-17-4-2-1-3-16(17)21(30)14-5-7-15(8-6-14)22-25-10-9-18(27-22)19-13-20-23(31)26-11-12-29(20)28-19/h1-10,13H,11-12H2,(H,26,31). The molecule has 0 bridgehead atoms. The molecule has 0 fully saturated rings. The minimum Gasteiger partial charge on any atom is -0.349 e. The highest BCUT2D eigenvalue weighted by molar-refractivity contribution is 9.10. The number of hydrogen-bond acceptors (Lipinski definition) is 5. The van der Waals surface area contributed by atoms with E-state index in [-0.39, 0.29) is 11.7 Å². The Morgan fingerprint density at radius 1 is 1.03 bits per heavy atom. The molecule has 0 aliphatic carbocycles. The number of nitrogens with zero attached hydrogens (tertiary/aromatic N) is 4. The zero-order valence-electron chi connectivity index (χ0n) is 16.2. The molecule has 0 saturated carbocycles. The molecule has 0 saturated heterocycles. The molecule has 0 radical (unpaired) electrons. The van der Waals surface area contributed by atoms with Gasteiger partial charge in [0.2, 0.25) is 0 Å². The zero-order valence-corrected chi connectivity index (χ0v) is 17.8. The minimum absolute atomic E-state index is 0.0597. The monoisotopic (exact) mass is 473 g/mol. The summed E-state index contributed by atoms with van der Waals surface area (Å²) in [5.41, 5.74) is 3.76. The molecule has 1 N–H and O–H groups in total. The number of carbonyl (C=O) groups is 2. The highest BCUT2D eigenvalue weighted by atomic mass is 79.9. The molecule has 0 unspecified atom stereocenters. The molecule has 152 valence electrons. The van der Waals surface area contributed by atoms with Crippen molar-refractivity contribution in [1.29, 1.82) is 0 Å². The molecule has 5 rings (SSSR count). The molecule has 8 heteroatoms. The Morgan fingerprint density at radius 3 is 2.61 bits per heavy atom. The number of amides is 1. The highest BCUT2D eigenvalue weighted by Crippen LogP contribution is 2.24.